The number of rotatable bonds is 3. The van der Waals surface area contributed by atoms with Gasteiger partial charge in [-0.1, -0.05) is 18.2 Å². The molecule has 1 unspecified atom stereocenters. The van der Waals surface area contributed by atoms with Crippen molar-refractivity contribution in [2.24, 2.45) is 0 Å². The molecule has 118 valence electrons. The van der Waals surface area contributed by atoms with Crippen LogP contribution in [-0.2, 0) is 16.0 Å². The Kier molecular flexibility index (Phi) is 3.83. The summed E-state index contributed by atoms with van der Waals surface area (Å²) in [7, 11) is 1.27. The lowest BCUT2D eigenvalue weighted by Crippen LogP contribution is -2.37. The second-order valence-electron chi connectivity index (χ2n) is 4.85. The van der Waals surface area contributed by atoms with Crippen LogP contribution in [0.25, 0.3) is 0 Å². The van der Waals surface area contributed by atoms with Gasteiger partial charge in [0.25, 0.3) is 0 Å². The second-order valence-corrected chi connectivity index (χ2v) is 5.18. The Bertz CT molecular complexity index is 798. The van der Waals surface area contributed by atoms with Crippen LogP contribution in [-0.4, -0.2) is 34.0 Å². The van der Waals surface area contributed by atoms with Gasteiger partial charge in [0.05, 0.1) is 12.0 Å². The zero-order chi connectivity index (χ0) is 16.6. The molecule has 0 bridgehead atoms. The van der Waals surface area contributed by atoms with Crippen LogP contribution in [0.3, 0.4) is 0 Å². The molecule has 9 heteroatoms. The van der Waals surface area contributed by atoms with Crippen molar-refractivity contribution >= 4 is 34.8 Å². The predicted octanol–water partition coefficient (Wildman–Crippen LogP) is 2.27. The van der Waals surface area contributed by atoms with Gasteiger partial charge in [-0.25, -0.2) is 9.78 Å². The summed E-state index contributed by atoms with van der Waals surface area (Å²) in [5, 5.41) is 11.1. The molecule has 2 aromatic rings. The van der Waals surface area contributed by atoms with Crippen molar-refractivity contribution in [2.75, 3.05) is 12.0 Å². The van der Waals surface area contributed by atoms with Gasteiger partial charge in [-0.3, -0.25) is 10.1 Å². The number of nitro groups is 1. The summed E-state index contributed by atoms with van der Waals surface area (Å²) in [4.78, 5) is 31.9. The van der Waals surface area contributed by atoms with E-state index in [0.29, 0.717) is 12.1 Å². The number of aromatic nitrogens is 2. The van der Waals surface area contributed by atoms with Crippen molar-refractivity contribution in [1.82, 2.24) is 9.97 Å². The summed E-state index contributed by atoms with van der Waals surface area (Å²) in [6, 6.07) is 6.47. The number of ether oxygens (including phenoxy) is 1. The first kappa shape index (κ1) is 15.2. The second kappa shape index (κ2) is 5.81. The maximum Gasteiger partial charge on any atom is 0.330 e. The van der Waals surface area contributed by atoms with Crippen molar-refractivity contribution in [3.63, 3.8) is 0 Å². The van der Waals surface area contributed by atoms with Crippen LogP contribution in [0.15, 0.2) is 30.5 Å². The minimum absolute atomic E-state index is 0.0321. The molecular formula is C14H11ClN4O4. The minimum atomic E-state index is -0.748. The highest BCUT2D eigenvalue weighted by atomic mass is 35.5. The number of halogens is 1. The molecule has 0 radical (unpaired) electrons. The van der Waals surface area contributed by atoms with Crippen molar-refractivity contribution in [2.45, 2.75) is 12.5 Å². The highest BCUT2D eigenvalue weighted by Gasteiger charge is 2.40. The van der Waals surface area contributed by atoms with Gasteiger partial charge in [0.15, 0.2) is 0 Å². The summed E-state index contributed by atoms with van der Waals surface area (Å²) in [6.45, 7) is 0. The number of esters is 1. The summed E-state index contributed by atoms with van der Waals surface area (Å²) in [6.07, 6.45) is 1.39. The molecule has 0 spiro atoms. The fourth-order valence-corrected chi connectivity index (χ4v) is 2.75. The van der Waals surface area contributed by atoms with Crippen LogP contribution in [0, 0.1) is 10.1 Å². The highest BCUT2D eigenvalue weighted by Crippen LogP contribution is 2.41. The number of para-hydroxylation sites is 1. The number of hydrogen-bond acceptors (Lipinski definition) is 7. The average molecular weight is 335 g/mol. The van der Waals surface area contributed by atoms with Gasteiger partial charge < -0.3 is 9.64 Å². The van der Waals surface area contributed by atoms with E-state index in [1.165, 1.54) is 12.0 Å². The van der Waals surface area contributed by atoms with Gasteiger partial charge in [-0.05, 0) is 23.2 Å². The summed E-state index contributed by atoms with van der Waals surface area (Å²) in [5.74, 6) is -0.541. The molecule has 1 aromatic heterocycles. The highest BCUT2D eigenvalue weighted by molar-refractivity contribution is 6.28. The first-order valence-electron chi connectivity index (χ1n) is 6.65. The number of nitrogens with zero attached hydrogens (tertiary/aromatic N) is 4. The Morgan fingerprint density at radius 2 is 2.22 bits per heavy atom. The fraction of sp³-hybridized carbons (Fsp3) is 0.214. The maximum absolute atomic E-state index is 12.1. The lowest BCUT2D eigenvalue weighted by atomic mass is 10.1. The third-order valence-electron chi connectivity index (χ3n) is 3.59. The third kappa shape index (κ3) is 2.57. The lowest BCUT2D eigenvalue weighted by Gasteiger charge is -2.24. The Morgan fingerprint density at radius 1 is 1.48 bits per heavy atom. The van der Waals surface area contributed by atoms with Gasteiger partial charge in [0.1, 0.15) is 12.2 Å². The number of carbonyl (C=O) groups is 1. The normalized spacial score (nSPS) is 16.1. The van der Waals surface area contributed by atoms with E-state index in [2.05, 4.69) is 9.97 Å². The molecular weight excluding hydrogens is 324 g/mol. The lowest BCUT2D eigenvalue weighted by molar-refractivity contribution is -0.384. The van der Waals surface area contributed by atoms with E-state index in [4.69, 9.17) is 16.3 Å². The van der Waals surface area contributed by atoms with Crippen molar-refractivity contribution in [1.29, 1.82) is 0 Å². The Labute approximate surface area is 135 Å². The zero-order valence-corrected chi connectivity index (χ0v) is 12.7. The molecule has 1 aliphatic rings. The molecule has 0 saturated heterocycles. The molecule has 8 nitrogen and oxygen atoms in total. The van der Waals surface area contributed by atoms with Crippen LogP contribution in [0.2, 0.25) is 5.28 Å². The maximum atomic E-state index is 12.1. The Hall–Kier alpha value is -2.74. The molecule has 1 aromatic carbocycles. The molecule has 0 N–H and O–H groups in total. The number of benzene rings is 1. The molecule has 0 saturated carbocycles. The van der Waals surface area contributed by atoms with Gasteiger partial charge >= 0.3 is 11.7 Å². The number of anilines is 2. The van der Waals surface area contributed by atoms with Gasteiger partial charge in [-0.2, -0.15) is 4.98 Å². The van der Waals surface area contributed by atoms with Gasteiger partial charge in [-0.15, -0.1) is 0 Å². The zero-order valence-electron chi connectivity index (χ0n) is 12.0. The van der Waals surface area contributed by atoms with E-state index in [1.54, 1.807) is 12.1 Å². The van der Waals surface area contributed by atoms with E-state index < -0.39 is 16.9 Å². The molecule has 2 heterocycles. The number of fused-ring (bicyclic) bond motifs is 1. The average Bonchev–Trinajstić information content (AvgIpc) is 2.93. The predicted molar refractivity (Wildman–Crippen MR) is 81.8 cm³/mol. The summed E-state index contributed by atoms with van der Waals surface area (Å²) < 4.78 is 4.82. The van der Waals surface area contributed by atoms with Crippen molar-refractivity contribution < 1.29 is 14.5 Å². The van der Waals surface area contributed by atoms with Crippen LogP contribution in [0.1, 0.15) is 5.56 Å². The summed E-state index contributed by atoms with van der Waals surface area (Å²) >= 11 is 5.80. The van der Waals surface area contributed by atoms with Gasteiger partial charge in [0, 0.05) is 12.1 Å². The minimum Gasteiger partial charge on any atom is -0.467 e. The van der Waals surface area contributed by atoms with E-state index in [1.807, 2.05) is 12.1 Å². The van der Waals surface area contributed by atoms with E-state index in [9.17, 15) is 14.9 Å². The van der Waals surface area contributed by atoms with Crippen LogP contribution >= 0.6 is 11.6 Å². The van der Waals surface area contributed by atoms with Gasteiger partial charge in [0.2, 0.25) is 11.1 Å². The van der Waals surface area contributed by atoms with Crippen LogP contribution in [0.4, 0.5) is 17.2 Å². The fourth-order valence-electron chi connectivity index (χ4n) is 2.62. The molecule has 3 rings (SSSR count). The number of carbonyl (C=O) groups excluding carboxylic acids is 1. The van der Waals surface area contributed by atoms with E-state index in [0.717, 1.165) is 11.8 Å². The molecule has 1 aliphatic heterocycles. The Balaban J connectivity index is 2.20. The Morgan fingerprint density at radius 3 is 2.91 bits per heavy atom. The van der Waals surface area contributed by atoms with Crippen molar-refractivity contribution in [3.05, 3.63) is 51.4 Å². The van der Waals surface area contributed by atoms with E-state index in [-0.39, 0.29) is 16.8 Å². The van der Waals surface area contributed by atoms with Crippen molar-refractivity contribution in [3.8, 4) is 0 Å². The SMILES string of the molecule is COC(=O)C1Cc2ccccc2N1c1nc(Cl)ncc1[N+](=O)[O-]. The van der Waals surface area contributed by atoms with E-state index >= 15 is 0 Å². The van der Waals surface area contributed by atoms with Crippen LogP contribution in [0.5, 0.6) is 0 Å². The summed E-state index contributed by atoms with van der Waals surface area (Å²) in [5.41, 5.74) is 1.19. The monoisotopic (exact) mass is 334 g/mol. The number of methoxy groups -OCH3 is 1. The van der Waals surface area contributed by atoms with Crippen LogP contribution < -0.4 is 4.90 Å². The topological polar surface area (TPSA) is 98.5 Å². The third-order valence-corrected chi connectivity index (χ3v) is 3.78. The number of hydrogen-bond donors (Lipinski definition) is 0. The quantitative estimate of drug-likeness (QED) is 0.367. The largest absolute Gasteiger partial charge is 0.467 e. The molecule has 23 heavy (non-hydrogen) atoms. The smallest absolute Gasteiger partial charge is 0.330 e. The molecule has 0 amide bonds. The first-order valence-corrected chi connectivity index (χ1v) is 7.02. The molecule has 1 atom stereocenters. The molecule has 0 fully saturated rings. The molecule has 0 aliphatic carbocycles. The standard InChI is InChI=1S/C14H11ClN4O4/c1-23-13(20)10-6-8-4-2-3-5-9(8)18(10)12-11(19(21)22)7-16-14(15)17-12/h2-5,7,10H,6H2,1H3. The first-order chi connectivity index (χ1) is 11.0.